The Balaban J connectivity index is 1.64. The van der Waals surface area contributed by atoms with Gasteiger partial charge in [-0.3, -0.25) is 9.52 Å². The second kappa shape index (κ2) is 7.32. The van der Waals surface area contributed by atoms with E-state index in [2.05, 4.69) is 15.0 Å². The summed E-state index contributed by atoms with van der Waals surface area (Å²) in [5, 5.41) is 4.60. The molecule has 7 nitrogen and oxygen atoms in total. The number of hydrogen-bond donors (Lipinski definition) is 2. The van der Waals surface area contributed by atoms with Gasteiger partial charge in [0, 0.05) is 23.3 Å². The number of carbonyl (C=O) groups is 1. The number of nitrogens with zero attached hydrogens (tertiary/aromatic N) is 1. The predicted molar refractivity (Wildman–Crippen MR) is 95.7 cm³/mol. The van der Waals surface area contributed by atoms with Gasteiger partial charge in [0.15, 0.2) is 5.13 Å². The van der Waals surface area contributed by atoms with Gasteiger partial charge in [0.05, 0.1) is 11.2 Å². The van der Waals surface area contributed by atoms with E-state index in [0.717, 1.165) is 0 Å². The first-order valence-electron chi connectivity index (χ1n) is 7.08. The molecule has 1 aromatic carbocycles. The molecule has 0 saturated heterocycles. The van der Waals surface area contributed by atoms with Crippen LogP contribution in [0.15, 0.2) is 69.6 Å². The number of rotatable bonds is 6. The van der Waals surface area contributed by atoms with E-state index < -0.39 is 10.0 Å². The molecule has 128 valence electrons. The highest BCUT2D eigenvalue weighted by Gasteiger charge is 2.15. The van der Waals surface area contributed by atoms with Gasteiger partial charge in [0.2, 0.25) is 5.91 Å². The average molecular weight is 375 g/mol. The Bertz CT molecular complexity index is 961. The molecule has 0 fully saturated rings. The molecule has 0 spiro atoms. The Labute approximate surface area is 148 Å². The number of benzene rings is 1. The minimum absolute atomic E-state index is 0.0758. The lowest BCUT2D eigenvalue weighted by Crippen LogP contribution is -2.13. The summed E-state index contributed by atoms with van der Waals surface area (Å²) in [4.78, 5) is 15.8. The van der Waals surface area contributed by atoms with E-state index in [1.807, 2.05) is 0 Å². The highest BCUT2D eigenvalue weighted by Crippen LogP contribution is 2.19. The molecular formula is C16H13N3O4S2. The lowest BCUT2D eigenvalue weighted by Gasteiger charge is -2.07. The quantitative estimate of drug-likeness (QED) is 0.644. The zero-order valence-corrected chi connectivity index (χ0v) is 14.4. The number of thiazole rings is 1. The van der Waals surface area contributed by atoms with Crippen molar-refractivity contribution in [3.63, 3.8) is 0 Å². The van der Waals surface area contributed by atoms with Crippen molar-refractivity contribution >= 4 is 44.2 Å². The fourth-order valence-electron chi connectivity index (χ4n) is 1.89. The minimum atomic E-state index is -3.71. The second-order valence-corrected chi connectivity index (χ2v) is 7.38. The third-order valence-corrected chi connectivity index (χ3v) is 5.20. The fourth-order valence-corrected chi connectivity index (χ4v) is 3.68. The summed E-state index contributed by atoms with van der Waals surface area (Å²) in [5.74, 6) is 0.206. The number of aromatic nitrogens is 1. The molecule has 1 amide bonds. The molecule has 3 aromatic rings. The largest absolute Gasteiger partial charge is 0.465 e. The van der Waals surface area contributed by atoms with Gasteiger partial charge in [0.25, 0.3) is 10.0 Å². The first kappa shape index (κ1) is 16.9. The van der Waals surface area contributed by atoms with E-state index in [1.165, 1.54) is 60.2 Å². The molecule has 0 aliphatic heterocycles. The van der Waals surface area contributed by atoms with Crippen molar-refractivity contribution in [2.45, 2.75) is 4.90 Å². The van der Waals surface area contributed by atoms with Crippen LogP contribution in [0.5, 0.6) is 0 Å². The standard InChI is InChI=1S/C16H13N3O4S2/c20-15(8-5-13-2-1-10-23-13)18-12-3-6-14(7-4-12)25(21,22)19-16-17-9-11-24-16/h1-11H,(H,17,19)(H,18,20)/b8-5+. The van der Waals surface area contributed by atoms with Crippen molar-refractivity contribution < 1.29 is 17.6 Å². The first-order valence-corrected chi connectivity index (χ1v) is 9.44. The first-order chi connectivity index (χ1) is 12.0. The Hall–Kier alpha value is -2.91. The normalized spacial score (nSPS) is 11.5. The summed E-state index contributed by atoms with van der Waals surface area (Å²) in [6.45, 7) is 0. The van der Waals surface area contributed by atoms with Crippen molar-refractivity contribution in [3.05, 3.63) is 66.1 Å². The molecule has 0 aliphatic rings. The molecule has 0 bridgehead atoms. The number of amides is 1. The van der Waals surface area contributed by atoms with Crippen LogP contribution in [0.4, 0.5) is 10.8 Å². The number of hydrogen-bond acceptors (Lipinski definition) is 6. The van der Waals surface area contributed by atoms with Crippen LogP contribution in [-0.4, -0.2) is 19.3 Å². The van der Waals surface area contributed by atoms with Crippen molar-refractivity contribution in [2.24, 2.45) is 0 Å². The van der Waals surface area contributed by atoms with Crippen molar-refractivity contribution in [1.82, 2.24) is 4.98 Å². The monoisotopic (exact) mass is 375 g/mol. The zero-order chi connectivity index (χ0) is 17.7. The van der Waals surface area contributed by atoms with Gasteiger partial charge in [-0.05, 0) is 42.5 Å². The highest BCUT2D eigenvalue weighted by atomic mass is 32.2. The smallest absolute Gasteiger partial charge is 0.263 e. The Morgan fingerprint density at radius 1 is 1.20 bits per heavy atom. The predicted octanol–water partition coefficient (Wildman–Crippen LogP) is 3.19. The van der Waals surface area contributed by atoms with Crippen molar-refractivity contribution in [2.75, 3.05) is 10.0 Å². The Kier molecular flexibility index (Phi) is 4.96. The number of furan rings is 1. The second-order valence-electron chi connectivity index (χ2n) is 4.81. The molecule has 0 saturated carbocycles. The van der Waals surface area contributed by atoms with Crippen LogP contribution in [0.1, 0.15) is 5.76 Å². The van der Waals surface area contributed by atoms with E-state index >= 15 is 0 Å². The molecule has 3 rings (SSSR count). The molecule has 0 aliphatic carbocycles. The van der Waals surface area contributed by atoms with Crippen molar-refractivity contribution in [3.8, 4) is 0 Å². The number of anilines is 2. The van der Waals surface area contributed by atoms with Gasteiger partial charge in [-0.15, -0.1) is 11.3 Å². The van der Waals surface area contributed by atoms with Crippen LogP contribution < -0.4 is 10.0 Å². The van der Waals surface area contributed by atoms with E-state index in [4.69, 9.17) is 4.42 Å². The molecule has 2 aromatic heterocycles. The molecule has 2 heterocycles. The maximum absolute atomic E-state index is 12.2. The maximum atomic E-state index is 12.2. The van der Waals surface area contributed by atoms with E-state index in [9.17, 15) is 13.2 Å². The van der Waals surface area contributed by atoms with Crippen molar-refractivity contribution in [1.29, 1.82) is 0 Å². The average Bonchev–Trinajstić information content (AvgIpc) is 3.27. The van der Waals surface area contributed by atoms with Crippen LogP contribution in [-0.2, 0) is 14.8 Å². The van der Waals surface area contributed by atoms with Gasteiger partial charge in [-0.25, -0.2) is 13.4 Å². The lowest BCUT2D eigenvalue weighted by molar-refractivity contribution is -0.111. The Morgan fingerprint density at radius 3 is 2.64 bits per heavy atom. The van der Waals surface area contributed by atoms with Crippen LogP contribution in [0.25, 0.3) is 6.08 Å². The van der Waals surface area contributed by atoms with Crippen LogP contribution >= 0.6 is 11.3 Å². The zero-order valence-electron chi connectivity index (χ0n) is 12.7. The maximum Gasteiger partial charge on any atom is 0.263 e. The SMILES string of the molecule is O=C(/C=C/c1ccco1)Nc1ccc(S(=O)(=O)Nc2nccs2)cc1. The summed E-state index contributed by atoms with van der Waals surface area (Å²) >= 11 is 1.19. The van der Waals surface area contributed by atoms with Crippen LogP contribution in [0.3, 0.4) is 0 Å². The molecular weight excluding hydrogens is 362 g/mol. The van der Waals surface area contributed by atoms with E-state index in [-0.39, 0.29) is 10.8 Å². The minimum Gasteiger partial charge on any atom is -0.465 e. The molecule has 0 radical (unpaired) electrons. The molecule has 0 unspecified atom stereocenters. The topological polar surface area (TPSA) is 101 Å². The van der Waals surface area contributed by atoms with Gasteiger partial charge in [-0.2, -0.15) is 0 Å². The van der Waals surface area contributed by atoms with Gasteiger partial charge in [0.1, 0.15) is 5.76 Å². The summed E-state index contributed by atoms with van der Waals surface area (Å²) in [5.41, 5.74) is 0.474. The number of carbonyl (C=O) groups excluding carboxylic acids is 1. The summed E-state index contributed by atoms with van der Waals surface area (Å²) < 4.78 is 31.9. The van der Waals surface area contributed by atoms with E-state index in [0.29, 0.717) is 16.6 Å². The van der Waals surface area contributed by atoms with Gasteiger partial charge < -0.3 is 9.73 Å². The fraction of sp³-hybridized carbons (Fsp3) is 0. The van der Waals surface area contributed by atoms with Gasteiger partial charge in [-0.1, -0.05) is 0 Å². The van der Waals surface area contributed by atoms with Gasteiger partial charge >= 0.3 is 0 Å². The third-order valence-electron chi connectivity index (χ3n) is 3.03. The summed E-state index contributed by atoms with van der Waals surface area (Å²) in [6.07, 6.45) is 5.88. The highest BCUT2D eigenvalue weighted by molar-refractivity contribution is 7.93. The molecule has 25 heavy (non-hydrogen) atoms. The Morgan fingerprint density at radius 2 is 2.00 bits per heavy atom. The van der Waals surface area contributed by atoms with E-state index in [1.54, 1.807) is 17.5 Å². The van der Waals surface area contributed by atoms with Crippen LogP contribution in [0, 0.1) is 0 Å². The third kappa shape index (κ3) is 4.55. The number of nitrogens with one attached hydrogen (secondary N) is 2. The summed E-state index contributed by atoms with van der Waals surface area (Å²) in [6, 6.07) is 9.27. The summed E-state index contributed by atoms with van der Waals surface area (Å²) in [7, 11) is -3.71. The molecule has 9 heteroatoms. The lowest BCUT2D eigenvalue weighted by atomic mass is 10.3. The molecule has 0 atom stereocenters. The van der Waals surface area contributed by atoms with Crippen LogP contribution in [0.2, 0.25) is 0 Å². The molecule has 2 N–H and O–H groups in total. The number of sulfonamides is 1.